The second kappa shape index (κ2) is 5.99. The normalized spacial score (nSPS) is 25.6. The predicted molar refractivity (Wildman–Crippen MR) is 75.6 cm³/mol. The van der Waals surface area contributed by atoms with Gasteiger partial charge in [-0.15, -0.1) is 0 Å². The van der Waals surface area contributed by atoms with Gasteiger partial charge in [0, 0.05) is 18.5 Å². The van der Waals surface area contributed by atoms with E-state index in [0.29, 0.717) is 25.9 Å². The van der Waals surface area contributed by atoms with Gasteiger partial charge in [-0.1, -0.05) is 6.92 Å². The van der Waals surface area contributed by atoms with Crippen LogP contribution in [0.1, 0.15) is 39.0 Å². The number of sulfonamides is 1. The van der Waals surface area contributed by atoms with E-state index >= 15 is 0 Å². The molecule has 2 fully saturated rings. The van der Waals surface area contributed by atoms with Crippen LogP contribution in [0.2, 0.25) is 0 Å². The molecule has 0 aromatic heterocycles. The number of carbonyl (C=O) groups is 1. The first kappa shape index (κ1) is 15.7. The SMILES string of the molecule is CCCS(=O)(=O)N1CCCC1C(=O)NCC1(CO)CC1. The lowest BCUT2D eigenvalue weighted by atomic mass is 10.1. The van der Waals surface area contributed by atoms with E-state index < -0.39 is 16.1 Å². The lowest BCUT2D eigenvalue weighted by molar-refractivity contribution is -0.124. The van der Waals surface area contributed by atoms with Crippen molar-refractivity contribution in [3.63, 3.8) is 0 Å². The van der Waals surface area contributed by atoms with Crippen molar-refractivity contribution >= 4 is 15.9 Å². The number of nitrogens with one attached hydrogen (secondary N) is 1. The van der Waals surface area contributed by atoms with E-state index in [1.807, 2.05) is 6.92 Å². The summed E-state index contributed by atoms with van der Waals surface area (Å²) in [6.07, 6.45) is 3.71. The molecule has 116 valence electrons. The van der Waals surface area contributed by atoms with Crippen LogP contribution in [0.4, 0.5) is 0 Å². The maximum atomic E-state index is 12.2. The fourth-order valence-electron chi connectivity index (χ4n) is 2.67. The minimum atomic E-state index is -3.32. The van der Waals surface area contributed by atoms with E-state index in [9.17, 15) is 18.3 Å². The summed E-state index contributed by atoms with van der Waals surface area (Å²) in [5, 5.41) is 12.0. The molecule has 0 bridgehead atoms. The summed E-state index contributed by atoms with van der Waals surface area (Å²) in [6.45, 7) is 2.78. The maximum absolute atomic E-state index is 12.2. The van der Waals surface area contributed by atoms with Crippen molar-refractivity contribution in [2.45, 2.75) is 45.1 Å². The Kier molecular flexibility index (Phi) is 4.71. The summed E-state index contributed by atoms with van der Waals surface area (Å²) >= 11 is 0. The molecule has 0 radical (unpaired) electrons. The zero-order chi connectivity index (χ0) is 14.8. The van der Waals surface area contributed by atoms with Gasteiger partial charge in [0.25, 0.3) is 0 Å². The zero-order valence-electron chi connectivity index (χ0n) is 12.0. The molecule has 2 N–H and O–H groups in total. The van der Waals surface area contributed by atoms with E-state index in [2.05, 4.69) is 5.32 Å². The van der Waals surface area contributed by atoms with Gasteiger partial charge in [-0.05, 0) is 32.1 Å². The first-order chi connectivity index (χ1) is 9.44. The molecule has 20 heavy (non-hydrogen) atoms. The Morgan fingerprint density at radius 2 is 2.15 bits per heavy atom. The van der Waals surface area contributed by atoms with Crippen LogP contribution in [-0.4, -0.2) is 55.2 Å². The Morgan fingerprint density at radius 3 is 2.70 bits per heavy atom. The topological polar surface area (TPSA) is 86.7 Å². The fourth-order valence-corrected chi connectivity index (χ4v) is 4.42. The molecular weight excluding hydrogens is 280 g/mol. The first-order valence-electron chi connectivity index (χ1n) is 7.32. The highest BCUT2D eigenvalue weighted by Crippen LogP contribution is 2.44. The molecule has 0 aromatic carbocycles. The van der Waals surface area contributed by atoms with Crippen molar-refractivity contribution in [3.05, 3.63) is 0 Å². The third-order valence-corrected chi connectivity index (χ3v) is 6.33. The van der Waals surface area contributed by atoms with Gasteiger partial charge in [0.1, 0.15) is 6.04 Å². The summed E-state index contributed by atoms with van der Waals surface area (Å²) in [7, 11) is -3.32. The van der Waals surface area contributed by atoms with Crippen molar-refractivity contribution < 1.29 is 18.3 Å². The number of aliphatic hydroxyl groups is 1. The third kappa shape index (κ3) is 3.32. The van der Waals surface area contributed by atoms with Crippen LogP contribution in [0.25, 0.3) is 0 Å². The predicted octanol–water partition coefficient (Wildman–Crippen LogP) is 0.0793. The molecule has 1 atom stereocenters. The molecule has 1 aliphatic carbocycles. The van der Waals surface area contributed by atoms with Crippen LogP contribution in [0.5, 0.6) is 0 Å². The molecule has 6 nitrogen and oxygen atoms in total. The molecule has 0 aromatic rings. The van der Waals surface area contributed by atoms with E-state index in [0.717, 1.165) is 19.3 Å². The van der Waals surface area contributed by atoms with Crippen molar-refractivity contribution in [3.8, 4) is 0 Å². The van der Waals surface area contributed by atoms with Crippen LogP contribution in [0.15, 0.2) is 0 Å². The number of nitrogens with zero attached hydrogens (tertiary/aromatic N) is 1. The molecule has 1 saturated heterocycles. The van der Waals surface area contributed by atoms with Crippen LogP contribution in [0, 0.1) is 5.41 Å². The van der Waals surface area contributed by atoms with Crippen molar-refractivity contribution in [1.29, 1.82) is 0 Å². The van der Waals surface area contributed by atoms with Gasteiger partial charge < -0.3 is 10.4 Å². The standard InChI is InChI=1S/C13H24N2O4S/c1-2-8-20(18,19)15-7-3-4-11(15)12(17)14-9-13(10-16)5-6-13/h11,16H,2-10H2,1H3,(H,14,17). The van der Waals surface area contributed by atoms with Crippen LogP contribution in [-0.2, 0) is 14.8 Å². The molecular formula is C13H24N2O4S. The Morgan fingerprint density at radius 1 is 1.45 bits per heavy atom. The van der Waals surface area contributed by atoms with Crippen LogP contribution in [0.3, 0.4) is 0 Å². The van der Waals surface area contributed by atoms with E-state index in [1.165, 1.54) is 4.31 Å². The molecule has 2 aliphatic rings. The van der Waals surface area contributed by atoms with Crippen molar-refractivity contribution in [2.24, 2.45) is 5.41 Å². The highest BCUT2D eigenvalue weighted by Gasteiger charge is 2.44. The average Bonchev–Trinajstić information content (AvgIpc) is 3.01. The number of hydrogen-bond donors (Lipinski definition) is 2. The molecule has 7 heteroatoms. The molecule has 1 unspecified atom stereocenters. The highest BCUT2D eigenvalue weighted by molar-refractivity contribution is 7.89. The quantitative estimate of drug-likeness (QED) is 0.697. The summed E-state index contributed by atoms with van der Waals surface area (Å²) in [5.41, 5.74) is -0.151. The largest absolute Gasteiger partial charge is 0.396 e. The third-order valence-electron chi connectivity index (χ3n) is 4.26. The Hall–Kier alpha value is -0.660. The van der Waals surface area contributed by atoms with E-state index in [4.69, 9.17) is 0 Å². The van der Waals surface area contributed by atoms with Gasteiger partial charge in [0.2, 0.25) is 15.9 Å². The van der Waals surface area contributed by atoms with Gasteiger partial charge >= 0.3 is 0 Å². The molecule has 1 heterocycles. The Bertz CT molecular complexity index is 459. The minimum Gasteiger partial charge on any atom is -0.396 e. The van der Waals surface area contributed by atoms with E-state index in [1.54, 1.807) is 0 Å². The second-order valence-electron chi connectivity index (χ2n) is 5.96. The summed E-state index contributed by atoms with van der Waals surface area (Å²) in [4.78, 5) is 12.2. The molecule has 2 rings (SSSR count). The van der Waals surface area contributed by atoms with Crippen LogP contribution >= 0.6 is 0 Å². The summed E-state index contributed by atoms with van der Waals surface area (Å²) in [5.74, 6) is -0.126. The van der Waals surface area contributed by atoms with Crippen molar-refractivity contribution in [2.75, 3.05) is 25.4 Å². The monoisotopic (exact) mass is 304 g/mol. The fraction of sp³-hybridized carbons (Fsp3) is 0.923. The number of hydrogen-bond acceptors (Lipinski definition) is 4. The first-order valence-corrected chi connectivity index (χ1v) is 8.93. The second-order valence-corrected chi connectivity index (χ2v) is 8.00. The number of carbonyl (C=O) groups excluding carboxylic acids is 1. The smallest absolute Gasteiger partial charge is 0.238 e. The van der Waals surface area contributed by atoms with E-state index in [-0.39, 0.29) is 23.7 Å². The van der Waals surface area contributed by atoms with Gasteiger partial charge in [-0.2, -0.15) is 4.31 Å². The van der Waals surface area contributed by atoms with Gasteiger partial charge in [0.05, 0.1) is 12.4 Å². The lowest BCUT2D eigenvalue weighted by Crippen LogP contribution is -2.47. The molecule has 1 amide bonds. The number of aliphatic hydroxyl groups excluding tert-OH is 1. The average molecular weight is 304 g/mol. The minimum absolute atomic E-state index is 0.0792. The zero-order valence-corrected chi connectivity index (χ0v) is 12.8. The van der Waals surface area contributed by atoms with Gasteiger partial charge in [-0.25, -0.2) is 8.42 Å². The lowest BCUT2D eigenvalue weighted by Gasteiger charge is -2.24. The van der Waals surface area contributed by atoms with Gasteiger partial charge in [0.15, 0.2) is 0 Å². The number of rotatable bonds is 7. The highest BCUT2D eigenvalue weighted by atomic mass is 32.2. The van der Waals surface area contributed by atoms with Crippen LogP contribution < -0.4 is 5.32 Å². The Balaban J connectivity index is 1.94. The Labute approximate surface area is 120 Å². The molecule has 1 aliphatic heterocycles. The molecule has 1 saturated carbocycles. The summed E-state index contributed by atoms with van der Waals surface area (Å²) in [6, 6.07) is -0.568. The molecule has 0 spiro atoms. The van der Waals surface area contributed by atoms with Gasteiger partial charge in [-0.3, -0.25) is 4.79 Å². The van der Waals surface area contributed by atoms with Crippen molar-refractivity contribution in [1.82, 2.24) is 9.62 Å². The number of amides is 1. The summed E-state index contributed by atoms with van der Waals surface area (Å²) < 4.78 is 25.6. The maximum Gasteiger partial charge on any atom is 0.238 e.